The summed E-state index contributed by atoms with van der Waals surface area (Å²) >= 11 is 0. The minimum absolute atomic E-state index is 0.206. The quantitative estimate of drug-likeness (QED) is 0.844. The van der Waals surface area contributed by atoms with Crippen molar-refractivity contribution in [3.05, 3.63) is 53.9 Å². The van der Waals surface area contributed by atoms with Gasteiger partial charge in [0, 0.05) is 37.9 Å². The number of carboxylic acid groups (broad SMARTS) is 1. The maximum absolute atomic E-state index is 10.6. The number of likely N-dealkylation sites (tertiary alicyclic amines) is 1. The van der Waals surface area contributed by atoms with E-state index in [1.54, 1.807) is 0 Å². The number of aliphatic hydroxyl groups excluding tert-OH is 1. The Morgan fingerprint density at radius 1 is 1.26 bits per heavy atom. The highest BCUT2D eigenvalue weighted by Gasteiger charge is 2.38. The number of nitrogens with zero attached hydrogens (tertiary/aromatic N) is 3. The lowest BCUT2D eigenvalue weighted by atomic mass is 10.0. The van der Waals surface area contributed by atoms with Crippen molar-refractivity contribution in [1.82, 2.24) is 14.7 Å². The van der Waals surface area contributed by atoms with Crippen molar-refractivity contribution < 1.29 is 28.2 Å². The molecule has 1 aromatic carbocycles. The number of hydrogen-bond donors (Lipinski definition) is 2. The molecule has 0 bridgehead atoms. The molecule has 27 heavy (non-hydrogen) atoms. The van der Waals surface area contributed by atoms with Gasteiger partial charge in [0.05, 0.1) is 12.3 Å². The zero-order chi connectivity index (χ0) is 20.0. The topological polar surface area (TPSA) is 78.6 Å². The lowest BCUT2D eigenvalue weighted by molar-refractivity contribution is -0.192. The van der Waals surface area contributed by atoms with Crippen LogP contribution in [-0.4, -0.2) is 55.7 Å². The van der Waals surface area contributed by atoms with E-state index < -0.39 is 12.1 Å². The number of rotatable bonds is 4. The Hall–Kier alpha value is -2.39. The molecule has 1 aliphatic heterocycles. The molecular weight excluding hydrogens is 363 g/mol. The predicted octanol–water partition coefficient (Wildman–Crippen LogP) is 2.23. The molecule has 1 aromatic heterocycles. The smallest absolute Gasteiger partial charge is 0.475 e. The van der Waals surface area contributed by atoms with Gasteiger partial charge in [0.15, 0.2) is 0 Å². The van der Waals surface area contributed by atoms with Crippen LogP contribution in [-0.2, 0) is 24.8 Å². The molecule has 0 unspecified atom stereocenters. The van der Waals surface area contributed by atoms with Crippen molar-refractivity contribution in [1.29, 1.82) is 0 Å². The number of aliphatic carboxylic acids is 1. The fourth-order valence-electron chi connectivity index (χ4n) is 3.00. The molecule has 0 spiro atoms. The second-order valence-corrected chi connectivity index (χ2v) is 6.41. The van der Waals surface area contributed by atoms with E-state index in [0.717, 1.165) is 25.9 Å². The number of halogens is 3. The molecule has 0 aliphatic carbocycles. The molecule has 2 atom stereocenters. The highest BCUT2D eigenvalue weighted by atomic mass is 19.4. The van der Waals surface area contributed by atoms with Crippen LogP contribution in [0.4, 0.5) is 13.2 Å². The molecule has 148 valence electrons. The van der Waals surface area contributed by atoms with Crippen molar-refractivity contribution >= 4 is 5.97 Å². The van der Waals surface area contributed by atoms with Gasteiger partial charge in [-0.15, -0.1) is 0 Å². The Labute approximate surface area is 154 Å². The number of carbonyl (C=O) groups is 1. The van der Waals surface area contributed by atoms with Crippen LogP contribution in [0.3, 0.4) is 0 Å². The summed E-state index contributed by atoms with van der Waals surface area (Å²) in [6.45, 7) is 1.82. The van der Waals surface area contributed by atoms with E-state index in [2.05, 4.69) is 34.3 Å². The highest BCUT2D eigenvalue weighted by molar-refractivity contribution is 5.73. The third-order valence-corrected chi connectivity index (χ3v) is 4.30. The first-order valence-corrected chi connectivity index (χ1v) is 8.40. The van der Waals surface area contributed by atoms with E-state index in [4.69, 9.17) is 9.90 Å². The van der Waals surface area contributed by atoms with E-state index >= 15 is 0 Å². The number of aromatic nitrogens is 2. The van der Waals surface area contributed by atoms with Gasteiger partial charge in [-0.25, -0.2) is 4.79 Å². The Balaban J connectivity index is 0.000000321. The van der Waals surface area contributed by atoms with Gasteiger partial charge >= 0.3 is 12.1 Å². The van der Waals surface area contributed by atoms with Gasteiger partial charge in [-0.3, -0.25) is 9.58 Å². The lowest BCUT2D eigenvalue weighted by Gasteiger charge is -2.25. The monoisotopic (exact) mass is 385 g/mol. The summed E-state index contributed by atoms with van der Waals surface area (Å²) < 4.78 is 33.6. The average molecular weight is 385 g/mol. The molecule has 0 saturated carbocycles. The molecule has 2 aromatic rings. The summed E-state index contributed by atoms with van der Waals surface area (Å²) in [5.74, 6) is -2.76. The van der Waals surface area contributed by atoms with Crippen LogP contribution in [0.2, 0.25) is 0 Å². The van der Waals surface area contributed by atoms with E-state index in [1.807, 2.05) is 30.2 Å². The van der Waals surface area contributed by atoms with E-state index in [9.17, 15) is 18.3 Å². The van der Waals surface area contributed by atoms with Crippen LogP contribution < -0.4 is 0 Å². The summed E-state index contributed by atoms with van der Waals surface area (Å²) in [6, 6.07) is 10.6. The molecular formula is C18H22F3N3O3. The maximum Gasteiger partial charge on any atom is 0.490 e. The standard InChI is InChI=1S/C16H21N3O.C2HF3O2/c1-18-11-14(10-17-18)12-19-8-7-16(20)15(19)9-13-5-3-2-4-6-13;3-2(4,5)1(6)7/h2-6,10-11,15-16,20H,7-9,12H2,1H3;(H,6,7)/t15-,16+;/m0./s1. The molecule has 6 nitrogen and oxygen atoms in total. The Bertz CT molecular complexity index is 734. The van der Waals surface area contributed by atoms with E-state index in [1.165, 1.54) is 11.1 Å². The van der Waals surface area contributed by atoms with Gasteiger partial charge in [0.25, 0.3) is 0 Å². The van der Waals surface area contributed by atoms with Crippen LogP contribution in [0.1, 0.15) is 17.5 Å². The fourth-order valence-corrected chi connectivity index (χ4v) is 3.00. The minimum atomic E-state index is -5.08. The molecule has 1 fully saturated rings. The third-order valence-electron chi connectivity index (χ3n) is 4.30. The minimum Gasteiger partial charge on any atom is -0.475 e. The SMILES string of the molecule is Cn1cc(CN2CC[C@@H](O)[C@@H]2Cc2ccccc2)cn1.O=C(O)C(F)(F)F. The third kappa shape index (κ3) is 6.37. The Morgan fingerprint density at radius 2 is 1.89 bits per heavy atom. The molecule has 0 radical (unpaired) electrons. The largest absolute Gasteiger partial charge is 0.490 e. The van der Waals surface area contributed by atoms with Crippen molar-refractivity contribution in [3.8, 4) is 0 Å². The molecule has 9 heteroatoms. The van der Waals surface area contributed by atoms with E-state index in [-0.39, 0.29) is 12.1 Å². The van der Waals surface area contributed by atoms with E-state index in [0.29, 0.717) is 0 Å². The van der Waals surface area contributed by atoms with Crippen LogP contribution in [0.5, 0.6) is 0 Å². The van der Waals surface area contributed by atoms with Crippen molar-refractivity contribution in [2.75, 3.05) is 6.54 Å². The van der Waals surface area contributed by atoms with Crippen molar-refractivity contribution in [2.45, 2.75) is 37.7 Å². The van der Waals surface area contributed by atoms with Gasteiger partial charge in [0.1, 0.15) is 0 Å². The maximum atomic E-state index is 10.6. The molecule has 1 aliphatic rings. The van der Waals surface area contributed by atoms with Gasteiger partial charge in [-0.2, -0.15) is 18.3 Å². The number of hydrogen-bond acceptors (Lipinski definition) is 4. The molecule has 2 N–H and O–H groups in total. The van der Waals surface area contributed by atoms with Crippen molar-refractivity contribution in [2.24, 2.45) is 7.05 Å². The van der Waals surface area contributed by atoms with Gasteiger partial charge < -0.3 is 10.2 Å². The zero-order valence-corrected chi connectivity index (χ0v) is 14.8. The first kappa shape index (κ1) is 20.9. The first-order valence-electron chi connectivity index (χ1n) is 8.40. The van der Waals surface area contributed by atoms with Crippen LogP contribution in [0, 0.1) is 0 Å². The fraction of sp³-hybridized carbons (Fsp3) is 0.444. The van der Waals surface area contributed by atoms with Gasteiger partial charge in [-0.1, -0.05) is 30.3 Å². The van der Waals surface area contributed by atoms with Crippen LogP contribution in [0.25, 0.3) is 0 Å². The summed E-state index contributed by atoms with van der Waals surface area (Å²) in [6.07, 6.45) is 0.404. The second-order valence-electron chi connectivity index (χ2n) is 6.41. The zero-order valence-electron chi connectivity index (χ0n) is 14.8. The molecule has 1 saturated heterocycles. The average Bonchev–Trinajstić information content (AvgIpc) is 3.16. The number of aryl methyl sites for hydroxylation is 1. The molecule has 0 amide bonds. The van der Waals surface area contributed by atoms with Crippen molar-refractivity contribution in [3.63, 3.8) is 0 Å². The first-order chi connectivity index (χ1) is 12.7. The van der Waals surface area contributed by atoms with Gasteiger partial charge in [-0.05, 0) is 18.4 Å². The summed E-state index contributed by atoms with van der Waals surface area (Å²) in [4.78, 5) is 11.3. The summed E-state index contributed by atoms with van der Waals surface area (Å²) in [5, 5.41) is 21.6. The molecule has 3 rings (SSSR count). The number of aliphatic hydroxyl groups is 1. The Morgan fingerprint density at radius 3 is 2.41 bits per heavy atom. The lowest BCUT2D eigenvalue weighted by Crippen LogP contribution is -2.36. The van der Waals surface area contributed by atoms with Gasteiger partial charge in [0.2, 0.25) is 0 Å². The number of benzene rings is 1. The highest BCUT2D eigenvalue weighted by Crippen LogP contribution is 2.23. The second kappa shape index (κ2) is 9.01. The Kier molecular flexibility index (Phi) is 6.98. The predicted molar refractivity (Wildman–Crippen MR) is 91.9 cm³/mol. The summed E-state index contributed by atoms with van der Waals surface area (Å²) in [7, 11) is 1.93. The number of alkyl halides is 3. The normalized spacial score (nSPS) is 20.2. The number of carboxylic acids is 1. The van der Waals surface area contributed by atoms with Crippen LogP contribution in [0.15, 0.2) is 42.7 Å². The summed E-state index contributed by atoms with van der Waals surface area (Å²) in [5.41, 5.74) is 2.49. The van der Waals surface area contributed by atoms with Crippen LogP contribution >= 0.6 is 0 Å². The molecule has 2 heterocycles.